The molecule has 0 aliphatic rings. The van der Waals surface area contributed by atoms with Gasteiger partial charge in [0.2, 0.25) is 0 Å². The van der Waals surface area contributed by atoms with Crippen molar-refractivity contribution in [2.75, 3.05) is 12.3 Å². The second kappa shape index (κ2) is 19.0. The van der Waals surface area contributed by atoms with Gasteiger partial charge >= 0.3 is 33.4 Å². The van der Waals surface area contributed by atoms with Crippen LogP contribution in [0, 0.1) is 0 Å². The van der Waals surface area contributed by atoms with Crippen LogP contribution in [0.2, 0.25) is 0 Å². The van der Waals surface area contributed by atoms with Crippen molar-refractivity contribution in [1.29, 1.82) is 0 Å². The summed E-state index contributed by atoms with van der Waals surface area (Å²) < 4.78 is 19.8. The van der Waals surface area contributed by atoms with Crippen LogP contribution >= 0.6 is 16.1 Å². The fourth-order valence-corrected chi connectivity index (χ4v) is 1.95. The molecule has 0 fully saturated rings. The smallest absolute Gasteiger partial charge is 0.596 e. The van der Waals surface area contributed by atoms with Gasteiger partial charge in [-0.05, 0) is 25.7 Å². The van der Waals surface area contributed by atoms with Crippen molar-refractivity contribution in [2.45, 2.75) is 52.4 Å². The van der Waals surface area contributed by atoms with Crippen molar-refractivity contribution in [3.63, 3.8) is 0 Å². The Labute approximate surface area is 117 Å². The molecule has 0 bridgehead atoms. The Morgan fingerprint density at radius 1 is 0.765 bits per heavy atom. The summed E-state index contributed by atoms with van der Waals surface area (Å²) >= 11 is 0. The van der Waals surface area contributed by atoms with E-state index < -0.39 is 16.1 Å². The largest absolute Gasteiger partial charge is 2.00 e. The quantitative estimate of drug-likeness (QED) is 0.508. The van der Waals surface area contributed by atoms with E-state index in [0.717, 1.165) is 38.5 Å². The van der Waals surface area contributed by atoms with E-state index in [1.54, 1.807) is 0 Å². The predicted octanol–water partition coefficient (Wildman–Crippen LogP) is 2.56. The zero-order chi connectivity index (χ0) is 12.8. The SMILES string of the molecule is CCCCC[P+](=O)[O-].CCCCC[P+](=O)[O-].[Cr+2]. The first-order chi connectivity index (χ1) is 7.54. The van der Waals surface area contributed by atoms with E-state index >= 15 is 0 Å². The van der Waals surface area contributed by atoms with Gasteiger partial charge in [0, 0.05) is 0 Å². The van der Waals surface area contributed by atoms with Crippen LogP contribution in [0.1, 0.15) is 52.4 Å². The number of hydrogen-bond donors (Lipinski definition) is 0. The molecule has 0 N–H and O–H groups in total. The summed E-state index contributed by atoms with van der Waals surface area (Å²) in [7, 11) is -4.22. The molecule has 0 rings (SSSR count). The third kappa shape index (κ3) is 31.5. The Morgan fingerprint density at radius 2 is 1.06 bits per heavy atom. The van der Waals surface area contributed by atoms with E-state index in [0.29, 0.717) is 12.3 Å². The average Bonchev–Trinajstić information content (AvgIpc) is 2.18. The van der Waals surface area contributed by atoms with Crippen LogP contribution in [-0.4, -0.2) is 12.3 Å². The van der Waals surface area contributed by atoms with Gasteiger partial charge in [0.05, 0.1) is 0 Å². The van der Waals surface area contributed by atoms with Crippen LogP contribution in [0.5, 0.6) is 0 Å². The van der Waals surface area contributed by atoms with Crippen molar-refractivity contribution in [1.82, 2.24) is 0 Å². The van der Waals surface area contributed by atoms with E-state index in [2.05, 4.69) is 13.8 Å². The molecule has 0 amide bonds. The molecule has 0 saturated carbocycles. The Hall–Kier alpha value is 0.652. The minimum absolute atomic E-state index is 0. The topological polar surface area (TPSA) is 80.3 Å². The van der Waals surface area contributed by atoms with Crippen molar-refractivity contribution in [3.05, 3.63) is 0 Å². The van der Waals surface area contributed by atoms with E-state index in [9.17, 15) is 18.9 Å². The summed E-state index contributed by atoms with van der Waals surface area (Å²) in [4.78, 5) is 19.8. The molecule has 0 aliphatic carbocycles. The predicted molar refractivity (Wildman–Crippen MR) is 64.0 cm³/mol. The zero-order valence-electron chi connectivity index (χ0n) is 10.6. The van der Waals surface area contributed by atoms with Gasteiger partial charge in [0.25, 0.3) is 0 Å². The molecule has 100 valence electrons. The maximum atomic E-state index is 9.91. The summed E-state index contributed by atoms with van der Waals surface area (Å²) in [5.74, 6) is 0. The van der Waals surface area contributed by atoms with E-state index in [1.807, 2.05) is 0 Å². The van der Waals surface area contributed by atoms with Gasteiger partial charge in [-0.1, -0.05) is 35.8 Å². The summed E-state index contributed by atoms with van der Waals surface area (Å²) in [6.45, 7) is 4.11. The second-order valence-corrected chi connectivity index (χ2v) is 5.75. The fourth-order valence-electron chi connectivity index (χ4n) is 0.982. The first-order valence-electron chi connectivity index (χ1n) is 5.78. The van der Waals surface area contributed by atoms with Crippen molar-refractivity contribution in [2.24, 2.45) is 0 Å². The Kier molecular flexibility index (Phi) is 25.5. The minimum Gasteiger partial charge on any atom is -0.596 e. The molecule has 0 aliphatic heterocycles. The number of hydrogen-bond acceptors (Lipinski definition) is 4. The molecule has 0 aromatic rings. The molecule has 0 saturated heterocycles. The van der Waals surface area contributed by atoms with Crippen LogP contribution < -0.4 is 9.79 Å². The average molecular weight is 320 g/mol. The standard InChI is InChI=1S/2C5H11O2P.Cr/c2*1-2-3-4-5-8(6)7;/h2*2-5H2,1H3;/q;;+2. The molecule has 0 aromatic heterocycles. The molecule has 0 heterocycles. The van der Waals surface area contributed by atoms with Gasteiger partial charge < -0.3 is 9.79 Å². The Bertz CT molecular complexity index is 171. The van der Waals surface area contributed by atoms with Gasteiger partial charge in [-0.15, -0.1) is 0 Å². The van der Waals surface area contributed by atoms with Crippen LogP contribution in [-0.2, 0) is 26.5 Å². The summed E-state index contributed by atoms with van der Waals surface area (Å²) in [5.41, 5.74) is 0. The fraction of sp³-hybridized carbons (Fsp3) is 1.00. The molecule has 7 heteroatoms. The molecule has 0 spiro atoms. The molecule has 2 atom stereocenters. The third-order valence-corrected chi connectivity index (χ3v) is 3.25. The third-order valence-electron chi connectivity index (χ3n) is 1.89. The van der Waals surface area contributed by atoms with Gasteiger partial charge in [-0.2, -0.15) is 0 Å². The second-order valence-electron chi connectivity index (χ2n) is 3.53. The Morgan fingerprint density at radius 3 is 1.24 bits per heavy atom. The van der Waals surface area contributed by atoms with Gasteiger partial charge in [0.15, 0.2) is 0 Å². The van der Waals surface area contributed by atoms with Crippen LogP contribution in [0.3, 0.4) is 0 Å². The van der Waals surface area contributed by atoms with Crippen LogP contribution in [0.25, 0.3) is 0 Å². The first-order valence-corrected chi connectivity index (χ1v) is 8.50. The van der Waals surface area contributed by atoms with Gasteiger partial charge in [-0.3, -0.25) is 0 Å². The van der Waals surface area contributed by atoms with Crippen molar-refractivity contribution < 1.29 is 36.3 Å². The summed E-state index contributed by atoms with van der Waals surface area (Å²) in [5, 5.41) is 0. The molecule has 2 unspecified atom stereocenters. The van der Waals surface area contributed by atoms with Gasteiger partial charge in [-0.25, -0.2) is 0 Å². The molecule has 0 radical (unpaired) electrons. The number of unbranched alkanes of at least 4 members (excludes halogenated alkanes) is 4. The van der Waals surface area contributed by atoms with Crippen molar-refractivity contribution in [3.8, 4) is 0 Å². The Balaban J connectivity index is -0.000000218. The van der Waals surface area contributed by atoms with Crippen LogP contribution in [0.4, 0.5) is 0 Å². The van der Waals surface area contributed by atoms with Crippen molar-refractivity contribution >= 4 is 16.1 Å². The molecule has 0 aromatic carbocycles. The monoisotopic (exact) mass is 320 g/mol. The molecule has 17 heavy (non-hydrogen) atoms. The van der Waals surface area contributed by atoms with Gasteiger partial charge in [0.1, 0.15) is 12.3 Å². The number of rotatable bonds is 8. The maximum Gasteiger partial charge on any atom is 2.00 e. The summed E-state index contributed by atoms with van der Waals surface area (Å²) in [6.07, 6.45) is 6.62. The minimum atomic E-state index is -2.11. The molecule has 4 nitrogen and oxygen atoms in total. The zero-order valence-corrected chi connectivity index (χ0v) is 13.7. The van der Waals surface area contributed by atoms with E-state index in [-0.39, 0.29) is 17.4 Å². The van der Waals surface area contributed by atoms with Crippen LogP contribution in [0.15, 0.2) is 0 Å². The molecular formula is C10H22CrO4P2+2. The van der Waals surface area contributed by atoms with E-state index in [1.165, 1.54) is 0 Å². The normalized spacial score (nSPS) is 10.8. The maximum absolute atomic E-state index is 9.91. The summed E-state index contributed by atoms with van der Waals surface area (Å²) in [6, 6.07) is 0. The van der Waals surface area contributed by atoms with E-state index in [4.69, 9.17) is 0 Å². The molecular weight excluding hydrogens is 298 g/mol. The first kappa shape index (κ1) is 22.8.